The highest BCUT2D eigenvalue weighted by Crippen LogP contribution is 2.23. The molecule has 0 amide bonds. The number of nitrogen functional groups attached to an aromatic ring is 1. The van der Waals surface area contributed by atoms with Crippen LogP contribution in [0.2, 0.25) is 0 Å². The van der Waals surface area contributed by atoms with Crippen LogP contribution < -0.4 is 16.0 Å². The Labute approximate surface area is 120 Å². The molecule has 3 N–H and O–H groups in total. The molecule has 0 aliphatic heterocycles. The van der Waals surface area contributed by atoms with Gasteiger partial charge < -0.3 is 16.0 Å². The van der Waals surface area contributed by atoms with E-state index in [1.807, 2.05) is 39.2 Å². The first-order chi connectivity index (χ1) is 8.95. The van der Waals surface area contributed by atoms with Crippen molar-refractivity contribution in [1.82, 2.24) is 15.0 Å². The summed E-state index contributed by atoms with van der Waals surface area (Å²) in [6.45, 7) is 2.03. The standard InChI is InChI=1S/C12H15BrN6/c1-7-4-5-8(6-9(7)13)15-11-16-10(14)17-12(18-11)19(2)3/h4-6H,1-3H3,(H3,14,15,16,17,18). The largest absolute Gasteiger partial charge is 0.368 e. The van der Waals surface area contributed by atoms with E-state index in [1.54, 1.807) is 4.90 Å². The van der Waals surface area contributed by atoms with Gasteiger partial charge in [0.15, 0.2) is 0 Å². The first-order valence-corrected chi connectivity index (χ1v) is 6.47. The second kappa shape index (κ2) is 5.40. The van der Waals surface area contributed by atoms with Gasteiger partial charge in [-0.2, -0.15) is 15.0 Å². The molecule has 0 spiro atoms. The highest BCUT2D eigenvalue weighted by atomic mass is 79.9. The summed E-state index contributed by atoms with van der Waals surface area (Å²) in [5.41, 5.74) is 7.71. The number of nitrogens with zero attached hydrogens (tertiary/aromatic N) is 4. The van der Waals surface area contributed by atoms with Crippen LogP contribution in [0.3, 0.4) is 0 Å². The fourth-order valence-electron chi connectivity index (χ4n) is 1.44. The minimum Gasteiger partial charge on any atom is -0.368 e. The average Bonchev–Trinajstić information content (AvgIpc) is 2.33. The van der Waals surface area contributed by atoms with Gasteiger partial charge in [0.1, 0.15) is 0 Å². The summed E-state index contributed by atoms with van der Waals surface area (Å²) in [4.78, 5) is 14.2. The van der Waals surface area contributed by atoms with Crippen LogP contribution in [0.25, 0.3) is 0 Å². The van der Waals surface area contributed by atoms with Gasteiger partial charge in [-0.15, -0.1) is 0 Å². The molecule has 0 saturated carbocycles. The van der Waals surface area contributed by atoms with Gasteiger partial charge in [-0.25, -0.2) is 0 Å². The van der Waals surface area contributed by atoms with E-state index in [-0.39, 0.29) is 5.95 Å². The molecule has 19 heavy (non-hydrogen) atoms. The van der Waals surface area contributed by atoms with Crippen LogP contribution in [-0.2, 0) is 0 Å². The summed E-state index contributed by atoms with van der Waals surface area (Å²) in [7, 11) is 3.70. The van der Waals surface area contributed by atoms with E-state index in [0.29, 0.717) is 11.9 Å². The zero-order valence-electron chi connectivity index (χ0n) is 11.0. The van der Waals surface area contributed by atoms with E-state index >= 15 is 0 Å². The maximum atomic E-state index is 5.67. The molecule has 0 aliphatic carbocycles. The van der Waals surface area contributed by atoms with Gasteiger partial charge in [0.05, 0.1) is 0 Å². The number of hydrogen-bond acceptors (Lipinski definition) is 6. The van der Waals surface area contributed by atoms with Crippen LogP contribution >= 0.6 is 15.9 Å². The Morgan fingerprint density at radius 3 is 2.58 bits per heavy atom. The maximum absolute atomic E-state index is 5.67. The number of anilines is 4. The Hall–Kier alpha value is -1.89. The Morgan fingerprint density at radius 1 is 1.21 bits per heavy atom. The summed E-state index contributed by atoms with van der Waals surface area (Å²) < 4.78 is 1.02. The Kier molecular flexibility index (Phi) is 3.84. The molecule has 0 saturated heterocycles. The minimum absolute atomic E-state index is 0.187. The van der Waals surface area contributed by atoms with E-state index in [9.17, 15) is 0 Å². The second-order valence-corrected chi connectivity index (χ2v) is 5.15. The minimum atomic E-state index is 0.187. The van der Waals surface area contributed by atoms with Crippen molar-refractivity contribution in [2.45, 2.75) is 6.92 Å². The highest BCUT2D eigenvalue weighted by molar-refractivity contribution is 9.10. The molecule has 2 rings (SSSR count). The Balaban J connectivity index is 2.29. The molecule has 1 aromatic carbocycles. The number of nitrogens with one attached hydrogen (secondary N) is 1. The lowest BCUT2D eigenvalue weighted by Crippen LogP contribution is -2.15. The molecule has 0 radical (unpaired) electrons. The highest BCUT2D eigenvalue weighted by Gasteiger charge is 2.06. The van der Waals surface area contributed by atoms with E-state index < -0.39 is 0 Å². The lowest BCUT2D eigenvalue weighted by molar-refractivity contribution is 0.969. The van der Waals surface area contributed by atoms with E-state index in [4.69, 9.17) is 5.73 Å². The molecule has 1 heterocycles. The van der Waals surface area contributed by atoms with Crippen LogP contribution in [0.5, 0.6) is 0 Å². The van der Waals surface area contributed by atoms with Gasteiger partial charge in [-0.3, -0.25) is 0 Å². The second-order valence-electron chi connectivity index (χ2n) is 4.30. The van der Waals surface area contributed by atoms with Crippen molar-refractivity contribution in [2.24, 2.45) is 0 Å². The normalized spacial score (nSPS) is 10.3. The molecule has 1 aromatic heterocycles. The summed E-state index contributed by atoms with van der Waals surface area (Å²) in [5, 5.41) is 3.11. The summed E-state index contributed by atoms with van der Waals surface area (Å²) in [5.74, 6) is 1.13. The van der Waals surface area contributed by atoms with Crippen LogP contribution in [0, 0.1) is 6.92 Å². The lowest BCUT2D eigenvalue weighted by atomic mass is 10.2. The number of rotatable bonds is 3. The molecular weight excluding hydrogens is 308 g/mol. The molecule has 0 bridgehead atoms. The van der Waals surface area contributed by atoms with Gasteiger partial charge in [-0.1, -0.05) is 22.0 Å². The summed E-state index contributed by atoms with van der Waals surface area (Å²) >= 11 is 3.49. The van der Waals surface area contributed by atoms with Crippen molar-refractivity contribution in [3.05, 3.63) is 28.2 Å². The monoisotopic (exact) mass is 322 g/mol. The predicted molar refractivity (Wildman–Crippen MR) is 80.7 cm³/mol. The zero-order chi connectivity index (χ0) is 14.0. The molecular formula is C12H15BrN6. The topological polar surface area (TPSA) is 80.0 Å². The van der Waals surface area contributed by atoms with Gasteiger partial charge in [0, 0.05) is 24.3 Å². The first kappa shape index (κ1) is 13.5. The lowest BCUT2D eigenvalue weighted by Gasteiger charge is -2.12. The van der Waals surface area contributed by atoms with Gasteiger partial charge in [0.2, 0.25) is 17.8 Å². The Morgan fingerprint density at radius 2 is 1.95 bits per heavy atom. The number of aryl methyl sites for hydroxylation is 1. The smallest absolute Gasteiger partial charge is 0.233 e. The molecule has 0 fully saturated rings. The predicted octanol–water partition coefficient (Wildman–Crippen LogP) is 2.33. The number of nitrogens with two attached hydrogens (primary N) is 1. The summed E-state index contributed by atoms with van der Waals surface area (Å²) in [6.07, 6.45) is 0. The first-order valence-electron chi connectivity index (χ1n) is 5.68. The Bertz CT molecular complexity index is 599. The third-order valence-electron chi connectivity index (χ3n) is 2.47. The van der Waals surface area contributed by atoms with Crippen molar-refractivity contribution in [2.75, 3.05) is 30.0 Å². The van der Waals surface area contributed by atoms with Crippen molar-refractivity contribution >= 4 is 39.5 Å². The van der Waals surface area contributed by atoms with Gasteiger partial charge in [-0.05, 0) is 24.6 Å². The van der Waals surface area contributed by atoms with Crippen molar-refractivity contribution in [3.63, 3.8) is 0 Å². The van der Waals surface area contributed by atoms with Crippen molar-refractivity contribution < 1.29 is 0 Å². The quantitative estimate of drug-likeness (QED) is 0.902. The average molecular weight is 323 g/mol. The van der Waals surface area contributed by atoms with Crippen LogP contribution in [-0.4, -0.2) is 29.0 Å². The third-order valence-corrected chi connectivity index (χ3v) is 3.32. The third kappa shape index (κ3) is 3.31. The molecule has 6 nitrogen and oxygen atoms in total. The molecule has 0 aliphatic rings. The van der Waals surface area contributed by atoms with E-state index in [0.717, 1.165) is 15.7 Å². The van der Waals surface area contributed by atoms with E-state index in [2.05, 4.69) is 36.2 Å². The summed E-state index contributed by atoms with van der Waals surface area (Å²) in [6, 6.07) is 5.92. The molecule has 0 unspecified atom stereocenters. The number of hydrogen-bond donors (Lipinski definition) is 2. The van der Waals surface area contributed by atoms with Crippen molar-refractivity contribution in [3.8, 4) is 0 Å². The molecule has 0 atom stereocenters. The zero-order valence-corrected chi connectivity index (χ0v) is 12.6. The van der Waals surface area contributed by atoms with Crippen LogP contribution in [0.4, 0.5) is 23.5 Å². The maximum Gasteiger partial charge on any atom is 0.233 e. The van der Waals surface area contributed by atoms with Crippen LogP contribution in [0.15, 0.2) is 22.7 Å². The number of halogens is 1. The van der Waals surface area contributed by atoms with Gasteiger partial charge >= 0.3 is 0 Å². The fourth-order valence-corrected chi connectivity index (χ4v) is 1.82. The van der Waals surface area contributed by atoms with Crippen LogP contribution in [0.1, 0.15) is 5.56 Å². The molecule has 2 aromatic rings. The fraction of sp³-hybridized carbons (Fsp3) is 0.250. The SMILES string of the molecule is Cc1ccc(Nc2nc(N)nc(N(C)C)n2)cc1Br. The number of aromatic nitrogens is 3. The number of benzene rings is 1. The van der Waals surface area contributed by atoms with Crippen molar-refractivity contribution in [1.29, 1.82) is 0 Å². The van der Waals surface area contributed by atoms with E-state index in [1.165, 1.54) is 0 Å². The van der Waals surface area contributed by atoms with Gasteiger partial charge in [0.25, 0.3) is 0 Å². The molecule has 7 heteroatoms. The molecule has 100 valence electrons.